The van der Waals surface area contributed by atoms with Crippen molar-refractivity contribution in [2.45, 2.75) is 92.6 Å². The second kappa shape index (κ2) is 15.8. The summed E-state index contributed by atoms with van der Waals surface area (Å²) in [6.07, 6.45) is 10.3. The van der Waals surface area contributed by atoms with E-state index in [2.05, 4.69) is 75.2 Å². The predicted octanol–water partition coefficient (Wildman–Crippen LogP) is 7.09. The lowest BCUT2D eigenvalue weighted by atomic mass is 9.80. The van der Waals surface area contributed by atoms with Crippen molar-refractivity contribution in [3.8, 4) is 0 Å². The Morgan fingerprint density at radius 1 is 1.21 bits per heavy atom. The first-order valence-electron chi connectivity index (χ1n) is 14.9. The van der Waals surface area contributed by atoms with Crippen LogP contribution in [-0.4, -0.2) is 48.5 Å². The molecule has 0 bridgehead atoms. The minimum absolute atomic E-state index is 0.341. The van der Waals surface area contributed by atoms with Gasteiger partial charge in [0.05, 0.1) is 6.10 Å². The third kappa shape index (κ3) is 8.94. The van der Waals surface area contributed by atoms with E-state index in [1.54, 1.807) is 6.92 Å². The number of nitrogens with two attached hydrogens (primary N) is 1. The molecule has 1 atom stereocenters. The van der Waals surface area contributed by atoms with Gasteiger partial charge in [0.15, 0.2) is 0 Å². The van der Waals surface area contributed by atoms with E-state index in [1.807, 2.05) is 20.2 Å². The molecule has 1 aliphatic rings. The molecule has 39 heavy (non-hydrogen) atoms. The molecule has 5 nitrogen and oxygen atoms in total. The number of benzene rings is 1. The van der Waals surface area contributed by atoms with Crippen molar-refractivity contribution in [2.24, 2.45) is 11.7 Å². The van der Waals surface area contributed by atoms with Crippen molar-refractivity contribution < 1.29 is 5.11 Å². The fourth-order valence-corrected chi connectivity index (χ4v) is 5.78. The molecule has 0 amide bonds. The van der Waals surface area contributed by atoms with Crippen LogP contribution in [-0.2, 0) is 0 Å². The van der Waals surface area contributed by atoms with Gasteiger partial charge in [-0.2, -0.15) is 0 Å². The molecule has 0 aliphatic carbocycles. The molecule has 0 saturated carbocycles. The van der Waals surface area contributed by atoms with E-state index in [0.29, 0.717) is 29.5 Å². The number of rotatable bonds is 13. The van der Waals surface area contributed by atoms with Crippen molar-refractivity contribution in [2.75, 3.05) is 26.7 Å². The van der Waals surface area contributed by atoms with Gasteiger partial charge in [-0.1, -0.05) is 58.4 Å². The van der Waals surface area contributed by atoms with Crippen molar-refractivity contribution in [1.29, 1.82) is 5.41 Å². The molecule has 1 aromatic carbocycles. The molecule has 0 spiro atoms. The number of nitrogens with one attached hydrogen (secondary N) is 2. The van der Waals surface area contributed by atoms with E-state index in [4.69, 9.17) is 11.1 Å². The molecule has 5 N–H and O–H groups in total. The molecule has 0 aromatic heterocycles. The van der Waals surface area contributed by atoms with Crippen LogP contribution in [0.2, 0.25) is 0 Å². The maximum Gasteiger partial charge on any atom is 0.0779 e. The van der Waals surface area contributed by atoms with Gasteiger partial charge in [-0.25, -0.2) is 0 Å². The zero-order valence-electron chi connectivity index (χ0n) is 25.8. The first kappa shape index (κ1) is 32.6. The fraction of sp³-hybridized carbons (Fsp3) is 0.559. The van der Waals surface area contributed by atoms with Crippen LogP contribution in [0.1, 0.15) is 96.3 Å². The number of allylic oxidation sites excluding steroid dienone is 5. The third-order valence-electron chi connectivity index (χ3n) is 7.87. The summed E-state index contributed by atoms with van der Waals surface area (Å²) in [7, 11) is 1.89. The summed E-state index contributed by atoms with van der Waals surface area (Å²) in [6.45, 7) is 17.8. The van der Waals surface area contributed by atoms with Crippen LogP contribution in [0.25, 0.3) is 5.57 Å². The zero-order chi connectivity index (χ0) is 29.1. The summed E-state index contributed by atoms with van der Waals surface area (Å²) in [5, 5.41) is 22.0. The zero-order valence-corrected chi connectivity index (χ0v) is 25.8. The minimum atomic E-state index is -0.669. The summed E-state index contributed by atoms with van der Waals surface area (Å²) in [4.78, 5) is 2.45. The summed E-state index contributed by atoms with van der Waals surface area (Å²) in [5.41, 5.74) is 16.1. The van der Waals surface area contributed by atoms with E-state index in [9.17, 15) is 5.11 Å². The number of aliphatic hydroxyl groups excluding tert-OH is 1. The Hall–Kier alpha value is -2.63. The van der Waals surface area contributed by atoms with Crippen LogP contribution in [0.4, 0.5) is 0 Å². The number of piperidine rings is 1. The van der Waals surface area contributed by atoms with Gasteiger partial charge in [0.25, 0.3) is 0 Å². The van der Waals surface area contributed by atoms with Gasteiger partial charge in [-0.15, -0.1) is 0 Å². The fourth-order valence-electron chi connectivity index (χ4n) is 5.78. The lowest BCUT2D eigenvalue weighted by Gasteiger charge is -2.32. The van der Waals surface area contributed by atoms with Gasteiger partial charge in [0.2, 0.25) is 0 Å². The molecule has 1 heterocycles. The maximum atomic E-state index is 10.5. The second-order valence-corrected chi connectivity index (χ2v) is 11.3. The highest BCUT2D eigenvalue weighted by atomic mass is 16.3. The Labute approximate surface area is 238 Å². The Kier molecular flexibility index (Phi) is 13.2. The smallest absolute Gasteiger partial charge is 0.0779 e. The van der Waals surface area contributed by atoms with Gasteiger partial charge in [0, 0.05) is 36.8 Å². The van der Waals surface area contributed by atoms with Crippen LogP contribution < -0.4 is 11.1 Å². The average molecular weight is 535 g/mol. The van der Waals surface area contributed by atoms with Crippen LogP contribution in [0.5, 0.6) is 0 Å². The minimum Gasteiger partial charge on any atom is -0.400 e. The maximum absolute atomic E-state index is 10.5. The Balaban J connectivity index is 2.53. The lowest BCUT2D eigenvalue weighted by Crippen LogP contribution is -2.36. The average Bonchev–Trinajstić information content (AvgIpc) is 2.90. The third-order valence-corrected chi connectivity index (χ3v) is 7.87. The highest BCUT2D eigenvalue weighted by molar-refractivity contribution is 5.99. The molecule has 2 rings (SSSR count). The molecule has 1 aliphatic heterocycles. The van der Waals surface area contributed by atoms with Crippen LogP contribution in [0, 0.1) is 18.3 Å². The molecular weight excluding hydrogens is 480 g/mol. The van der Waals surface area contributed by atoms with Crippen molar-refractivity contribution in [1.82, 2.24) is 10.2 Å². The molecule has 216 valence electrons. The molecule has 5 heteroatoms. The predicted molar refractivity (Wildman–Crippen MR) is 169 cm³/mol. The van der Waals surface area contributed by atoms with Crippen LogP contribution in [0.3, 0.4) is 0 Å². The topological polar surface area (TPSA) is 85.4 Å². The standard InChI is InChI=1S/C34H54N4O/c1-9-12-30(26(10-2)19-32(25(7)39)33(36)11-3)34(23(4)5)31-20-28(14-13-24(31)6)27-15-17-38(18-16-27)22-29(35)21-37-8/h10,13-14,19-21,23,25,27,36-37,39H,9,11-12,15-18,22,35H2,1-8H3/b26-10+,29-21-,32-19-,34-30+,36-33?. The number of aryl methyl sites for hydroxylation is 1. The van der Waals surface area contributed by atoms with Gasteiger partial charge in [-0.05, 0) is 111 Å². The van der Waals surface area contributed by atoms with E-state index in [-0.39, 0.29) is 0 Å². The monoisotopic (exact) mass is 534 g/mol. The molecule has 1 saturated heterocycles. The number of likely N-dealkylation sites (tertiary alicyclic amines) is 1. The van der Waals surface area contributed by atoms with E-state index >= 15 is 0 Å². The van der Waals surface area contributed by atoms with Gasteiger partial charge < -0.3 is 21.6 Å². The number of hydrogen-bond acceptors (Lipinski definition) is 5. The molecule has 1 fully saturated rings. The summed E-state index contributed by atoms with van der Waals surface area (Å²) in [6, 6.07) is 7.09. The van der Waals surface area contributed by atoms with E-state index < -0.39 is 6.10 Å². The Morgan fingerprint density at radius 2 is 1.87 bits per heavy atom. The van der Waals surface area contributed by atoms with Gasteiger partial charge in [0.1, 0.15) is 0 Å². The molecule has 1 unspecified atom stereocenters. The van der Waals surface area contributed by atoms with Crippen molar-refractivity contribution in [3.05, 3.63) is 75.7 Å². The largest absolute Gasteiger partial charge is 0.400 e. The SMILES string of the molecule is C/C=C(\C=C(/C(=N)CC)C(C)O)C(/CCC)=C(/c1cc(C2CCN(C/C(N)=C/NC)CC2)ccc1C)C(C)C. The highest BCUT2D eigenvalue weighted by Gasteiger charge is 2.24. The number of hydrogen-bond donors (Lipinski definition) is 4. The van der Waals surface area contributed by atoms with Crippen molar-refractivity contribution in [3.63, 3.8) is 0 Å². The van der Waals surface area contributed by atoms with Crippen LogP contribution >= 0.6 is 0 Å². The van der Waals surface area contributed by atoms with Crippen LogP contribution in [0.15, 0.2) is 59.0 Å². The lowest BCUT2D eigenvalue weighted by molar-refractivity contribution is 0.227. The number of aliphatic hydroxyl groups is 1. The summed E-state index contributed by atoms with van der Waals surface area (Å²) in [5.74, 6) is 0.888. The molecule has 0 radical (unpaired) electrons. The van der Waals surface area contributed by atoms with Crippen molar-refractivity contribution >= 4 is 11.3 Å². The quantitative estimate of drug-likeness (QED) is 0.161. The molecular formula is C34H54N4O. The normalized spacial score (nSPS) is 17.8. The number of nitrogens with zero attached hydrogens (tertiary/aromatic N) is 1. The Morgan fingerprint density at radius 3 is 2.38 bits per heavy atom. The second-order valence-electron chi connectivity index (χ2n) is 11.3. The first-order valence-corrected chi connectivity index (χ1v) is 14.9. The van der Waals surface area contributed by atoms with E-state index in [0.717, 1.165) is 56.6 Å². The highest BCUT2D eigenvalue weighted by Crippen LogP contribution is 2.38. The van der Waals surface area contributed by atoms with Gasteiger partial charge >= 0.3 is 0 Å². The van der Waals surface area contributed by atoms with Gasteiger partial charge in [-0.3, -0.25) is 4.90 Å². The Bertz CT molecular complexity index is 1080. The summed E-state index contributed by atoms with van der Waals surface area (Å²) < 4.78 is 0. The summed E-state index contributed by atoms with van der Waals surface area (Å²) >= 11 is 0. The molecule has 1 aromatic rings. The first-order chi connectivity index (χ1) is 18.6. The van der Waals surface area contributed by atoms with E-state index in [1.165, 1.54) is 27.8 Å².